The number of benzene rings is 2. The molecule has 20 heavy (non-hydrogen) atoms. The van der Waals surface area contributed by atoms with Crippen LogP contribution in [0.2, 0.25) is 0 Å². The van der Waals surface area contributed by atoms with Gasteiger partial charge in [-0.25, -0.2) is 4.72 Å². The molecule has 106 valence electrons. The van der Waals surface area contributed by atoms with Gasteiger partial charge in [0.25, 0.3) is 0 Å². The molecule has 3 rings (SSSR count). The van der Waals surface area contributed by atoms with Gasteiger partial charge >= 0.3 is 10.3 Å². The van der Waals surface area contributed by atoms with Crippen molar-refractivity contribution in [2.45, 2.75) is 6.54 Å². The molecule has 2 N–H and O–H groups in total. The van der Waals surface area contributed by atoms with Crippen molar-refractivity contribution in [2.75, 3.05) is 10.0 Å². The zero-order valence-corrected chi connectivity index (χ0v) is 12.0. The molecule has 2 aromatic rings. The van der Waals surface area contributed by atoms with Crippen LogP contribution in [0, 0.1) is 0 Å². The lowest BCUT2D eigenvalue weighted by atomic mass is 10.2. The minimum absolute atomic E-state index is 0. The Morgan fingerprint density at radius 1 is 1.10 bits per heavy atom. The lowest BCUT2D eigenvalue weighted by Crippen LogP contribution is -2.10. The summed E-state index contributed by atoms with van der Waals surface area (Å²) < 4.78 is 29.6. The number of halogens is 1. The van der Waals surface area contributed by atoms with E-state index in [1.165, 1.54) is 0 Å². The monoisotopic (exact) mass is 312 g/mol. The minimum atomic E-state index is -3.67. The summed E-state index contributed by atoms with van der Waals surface area (Å²) in [6.07, 6.45) is 0. The first kappa shape index (κ1) is 14.5. The maximum atomic E-state index is 11.2. The number of nitrogens with one attached hydrogen (secondary N) is 2. The van der Waals surface area contributed by atoms with Crippen LogP contribution >= 0.6 is 12.4 Å². The largest absolute Gasteiger partial charge is 0.407 e. The molecule has 0 unspecified atom stereocenters. The fourth-order valence-corrected chi connectivity index (χ4v) is 2.71. The van der Waals surface area contributed by atoms with E-state index in [1.54, 1.807) is 18.2 Å². The summed E-state index contributed by atoms with van der Waals surface area (Å²) in [7, 11) is -3.67. The highest BCUT2D eigenvalue weighted by molar-refractivity contribution is 7.88. The summed E-state index contributed by atoms with van der Waals surface area (Å²) in [6.45, 7) is 0.666. The summed E-state index contributed by atoms with van der Waals surface area (Å²) in [4.78, 5) is 0. The Morgan fingerprint density at radius 3 is 2.60 bits per heavy atom. The van der Waals surface area contributed by atoms with Gasteiger partial charge in [0, 0.05) is 18.3 Å². The van der Waals surface area contributed by atoms with E-state index < -0.39 is 10.3 Å². The summed E-state index contributed by atoms with van der Waals surface area (Å²) in [5.74, 6) is 0.318. The van der Waals surface area contributed by atoms with Crippen molar-refractivity contribution in [3.05, 3.63) is 54.1 Å². The Kier molecular flexibility index (Phi) is 4.06. The fraction of sp³-hybridized carbons (Fsp3) is 0.0769. The smallest absolute Gasteiger partial charge is 0.381 e. The molecule has 0 saturated heterocycles. The summed E-state index contributed by atoms with van der Waals surface area (Å²) >= 11 is 0. The van der Waals surface area contributed by atoms with E-state index in [-0.39, 0.29) is 12.4 Å². The van der Waals surface area contributed by atoms with Gasteiger partial charge in [-0.15, -0.1) is 12.4 Å². The van der Waals surface area contributed by atoms with Gasteiger partial charge in [-0.2, -0.15) is 8.42 Å². The van der Waals surface area contributed by atoms with E-state index in [0.29, 0.717) is 18.0 Å². The summed E-state index contributed by atoms with van der Waals surface area (Å²) in [5, 5.41) is 3.22. The first-order valence-electron chi connectivity index (χ1n) is 5.76. The maximum absolute atomic E-state index is 11.2. The number of anilines is 2. The second-order valence-electron chi connectivity index (χ2n) is 4.19. The average Bonchev–Trinajstić information content (AvgIpc) is 2.70. The van der Waals surface area contributed by atoms with Crippen molar-refractivity contribution in [1.82, 2.24) is 0 Å². The summed E-state index contributed by atoms with van der Waals surface area (Å²) in [6, 6.07) is 15.1. The van der Waals surface area contributed by atoms with Gasteiger partial charge in [-0.1, -0.05) is 30.3 Å². The van der Waals surface area contributed by atoms with Crippen LogP contribution in [-0.2, 0) is 16.8 Å². The second-order valence-corrected chi connectivity index (χ2v) is 5.47. The first-order valence-corrected chi connectivity index (χ1v) is 7.17. The predicted octanol–water partition coefficient (Wildman–Crippen LogP) is 2.77. The van der Waals surface area contributed by atoms with E-state index in [9.17, 15) is 8.42 Å². The van der Waals surface area contributed by atoms with Crippen molar-refractivity contribution in [3.8, 4) is 5.75 Å². The van der Waals surface area contributed by atoms with Crippen LogP contribution in [0.25, 0.3) is 0 Å². The Morgan fingerprint density at radius 2 is 1.85 bits per heavy atom. The number of rotatable bonds is 3. The SMILES string of the molecule is Cl.O=S1(=O)Nc2ccc(NCc3ccccc3)cc2O1. The number of fused-ring (bicyclic) bond motifs is 1. The molecule has 0 saturated carbocycles. The lowest BCUT2D eigenvalue weighted by Gasteiger charge is -2.07. The molecule has 0 aromatic heterocycles. The highest BCUT2D eigenvalue weighted by atomic mass is 35.5. The molecule has 1 heterocycles. The normalized spacial score (nSPS) is 14.4. The van der Waals surface area contributed by atoms with Crippen molar-refractivity contribution < 1.29 is 12.6 Å². The van der Waals surface area contributed by atoms with E-state index in [0.717, 1.165) is 11.3 Å². The second kappa shape index (κ2) is 5.60. The molecule has 0 radical (unpaired) electrons. The Balaban J connectivity index is 0.00000147. The van der Waals surface area contributed by atoms with Gasteiger partial charge < -0.3 is 9.50 Å². The molecular formula is C13H13ClN2O3S. The van der Waals surface area contributed by atoms with Crippen molar-refractivity contribution in [2.24, 2.45) is 0 Å². The topological polar surface area (TPSA) is 67.4 Å². The molecule has 1 aliphatic heterocycles. The quantitative estimate of drug-likeness (QED) is 0.914. The summed E-state index contributed by atoms with van der Waals surface area (Å²) in [5.41, 5.74) is 2.42. The third-order valence-corrected chi connectivity index (χ3v) is 3.62. The maximum Gasteiger partial charge on any atom is 0.407 e. The van der Waals surface area contributed by atoms with Crippen LogP contribution in [0.1, 0.15) is 5.56 Å². The molecule has 7 heteroatoms. The molecule has 0 bridgehead atoms. The lowest BCUT2D eigenvalue weighted by molar-refractivity contribution is 0.503. The zero-order valence-electron chi connectivity index (χ0n) is 10.4. The third-order valence-electron chi connectivity index (χ3n) is 2.76. The van der Waals surface area contributed by atoms with E-state index >= 15 is 0 Å². The molecule has 0 fully saturated rings. The van der Waals surface area contributed by atoms with Crippen molar-refractivity contribution in [3.63, 3.8) is 0 Å². The van der Waals surface area contributed by atoms with Crippen molar-refractivity contribution >= 4 is 34.1 Å². The Bertz CT molecular complexity index is 705. The predicted molar refractivity (Wildman–Crippen MR) is 80.6 cm³/mol. The van der Waals surface area contributed by atoms with Gasteiger partial charge in [0.1, 0.15) is 0 Å². The third kappa shape index (κ3) is 3.15. The molecule has 1 aliphatic rings. The van der Waals surface area contributed by atoms with Crippen molar-refractivity contribution in [1.29, 1.82) is 0 Å². The van der Waals surface area contributed by atoms with Crippen LogP contribution in [-0.4, -0.2) is 8.42 Å². The molecule has 5 nitrogen and oxygen atoms in total. The molecule has 2 aromatic carbocycles. The highest BCUT2D eigenvalue weighted by Gasteiger charge is 2.24. The van der Waals surface area contributed by atoms with Gasteiger partial charge in [0.05, 0.1) is 5.69 Å². The molecule has 0 atom stereocenters. The van der Waals surface area contributed by atoms with Crippen LogP contribution in [0.3, 0.4) is 0 Å². The fourth-order valence-electron chi connectivity index (χ4n) is 1.86. The van der Waals surface area contributed by atoms with Gasteiger partial charge in [-0.05, 0) is 17.7 Å². The Labute approximate surface area is 123 Å². The van der Waals surface area contributed by atoms with Crippen LogP contribution in [0.15, 0.2) is 48.5 Å². The molecule has 0 amide bonds. The minimum Gasteiger partial charge on any atom is -0.381 e. The van der Waals surface area contributed by atoms with Gasteiger partial charge in [0.15, 0.2) is 5.75 Å². The van der Waals surface area contributed by atoms with E-state index in [4.69, 9.17) is 4.18 Å². The number of hydrogen-bond acceptors (Lipinski definition) is 4. The van der Waals surface area contributed by atoms with Crippen LogP contribution in [0.4, 0.5) is 11.4 Å². The Hall–Kier alpha value is -1.92. The molecule has 0 spiro atoms. The van der Waals surface area contributed by atoms with Crippen LogP contribution < -0.4 is 14.2 Å². The zero-order chi connectivity index (χ0) is 13.3. The molecule has 0 aliphatic carbocycles. The van der Waals surface area contributed by atoms with E-state index in [1.807, 2.05) is 30.3 Å². The first-order chi connectivity index (χ1) is 9.12. The average molecular weight is 313 g/mol. The number of hydrogen-bond donors (Lipinski definition) is 2. The van der Waals surface area contributed by atoms with Crippen LogP contribution in [0.5, 0.6) is 5.75 Å². The van der Waals surface area contributed by atoms with Gasteiger partial charge in [0.2, 0.25) is 0 Å². The molecular weight excluding hydrogens is 300 g/mol. The standard InChI is InChI=1S/C13H12N2O3S.ClH/c16-19(17)15-12-7-6-11(8-13(12)18-19)14-9-10-4-2-1-3-5-10;/h1-8,14-15H,9H2;1H. The highest BCUT2D eigenvalue weighted by Crippen LogP contribution is 2.34. The van der Waals surface area contributed by atoms with E-state index in [2.05, 4.69) is 10.0 Å². The van der Waals surface area contributed by atoms with Gasteiger partial charge in [-0.3, -0.25) is 0 Å².